The van der Waals surface area contributed by atoms with Gasteiger partial charge in [0.25, 0.3) is 10.0 Å². The van der Waals surface area contributed by atoms with Gasteiger partial charge in [-0.05, 0) is 37.3 Å². The third kappa shape index (κ3) is 3.49. The SMILES string of the molecule is CC(N=C1NS(=O)(=O)c2ccccc21)C(=O)Nc1ccc(F)cc1Cl. The van der Waals surface area contributed by atoms with Gasteiger partial charge in [-0.1, -0.05) is 23.7 Å². The second-order valence-electron chi connectivity index (χ2n) is 5.37. The summed E-state index contributed by atoms with van der Waals surface area (Å²) in [5, 5.41) is 2.59. The number of carbonyl (C=O) groups excluding carboxylic acids is 1. The van der Waals surface area contributed by atoms with E-state index in [2.05, 4.69) is 15.0 Å². The first-order chi connectivity index (χ1) is 11.8. The predicted molar refractivity (Wildman–Crippen MR) is 92.8 cm³/mol. The van der Waals surface area contributed by atoms with Crippen molar-refractivity contribution in [3.05, 3.63) is 58.9 Å². The molecule has 0 aliphatic carbocycles. The number of carbonyl (C=O) groups is 1. The molecular formula is C16H13ClFN3O3S. The monoisotopic (exact) mass is 381 g/mol. The minimum Gasteiger partial charge on any atom is -0.323 e. The molecule has 0 saturated heterocycles. The molecule has 1 aliphatic heterocycles. The molecule has 2 aromatic rings. The minimum atomic E-state index is -3.67. The van der Waals surface area contributed by atoms with Gasteiger partial charge < -0.3 is 5.32 Å². The first-order valence-electron chi connectivity index (χ1n) is 7.24. The number of nitrogens with one attached hydrogen (secondary N) is 2. The number of amidine groups is 1. The molecule has 0 aromatic heterocycles. The van der Waals surface area contributed by atoms with Crippen LogP contribution in [0.4, 0.5) is 10.1 Å². The van der Waals surface area contributed by atoms with Crippen LogP contribution >= 0.6 is 11.6 Å². The molecule has 1 atom stereocenters. The van der Waals surface area contributed by atoms with Crippen LogP contribution in [0.25, 0.3) is 0 Å². The second kappa shape index (κ2) is 6.45. The summed E-state index contributed by atoms with van der Waals surface area (Å²) < 4.78 is 39.4. The molecule has 0 spiro atoms. The van der Waals surface area contributed by atoms with Gasteiger partial charge in [0.05, 0.1) is 15.6 Å². The number of benzene rings is 2. The van der Waals surface area contributed by atoms with Crippen molar-refractivity contribution in [2.45, 2.75) is 17.9 Å². The van der Waals surface area contributed by atoms with Crippen molar-refractivity contribution in [1.82, 2.24) is 4.72 Å². The summed E-state index contributed by atoms with van der Waals surface area (Å²) in [6.07, 6.45) is 0. The van der Waals surface area contributed by atoms with Crippen LogP contribution in [0, 0.1) is 5.82 Å². The van der Waals surface area contributed by atoms with E-state index in [1.54, 1.807) is 18.2 Å². The van der Waals surface area contributed by atoms with E-state index >= 15 is 0 Å². The standard InChI is InChI=1S/C16H13ClFN3O3S/c1-9(16(22)20-13-7-6-10(18)8-12(13)17)19-15-11-4-2-3-5-14(11)25(23,24)21-15/h2-9H,1H3,(H,19,21)(H,20,22). The highest BCUT2D eigenvalue weighted by molar-refractivity contribution is 7.90. The van der Waals surface area contributed by atoms with E-state index in [0.717, 1.165) is 6.07 Å². The zero-order valence-corrected chi connectivity index (χ0v) is 14.5. The first kappa shape index (κ1) is 17.4. The number of halogens is 2. The fraction of sp³-hybridized carbons (Fsp3) is 0.125. The van der Waals surface area contributed by atoms with Gasteiger partial charge in [0, 0.05) is 5.56 Å². The Balaban J connectivity index is 1.83. The molecule has 130 valence electrons. The molecule has 0 bridgehead atoms. The van der Waals surface area contributed by atoms with Crippen LogP contribution in [0.1, 0.15) is 12.5 Å². The maximum atomic E-state index is 13.0. The molecule has 1 heterocycles. The van der Waals surface area contributed by atoms with Crippen LogP contribution in [0.5, 0.6) is 0 Å². The lowest BCUT2D eigenvalue weighted by Gasteiger charge is -2.11. The topological polar surface area (TPSA) is 87.6 Å². The largest absolute Gasteiger partial charge is 0.323 e. The first-order valence-corrected chi connectivity index (χ1v) is 9.10. The summed E-state index contributed by atoms with van der Waals surface area (Å²) in [5.41, 5.74) is 0.648. The van der Waals surface area contributed by atoms with Gasteiger partial charge in [-0.15, -0.1) is 0 Å². The third-order valence-corrected chi connectivity index (χ3v) is 5.26. The van der Waals surface area contributed by atoms with E-state index in [4.69, 9.17) is 11.6 Å². The number of aliphatic imine (C=N–C) groups is 1. The number of hydrogen-bond donors (Lipinski definition) is 2. The fourth-order valence-corrected chi connectivity index (χ4v) is 3.76. The van der Waals surface area contributed by atoms with E-state index in [1.165, 1.54) is 25.1 Å². The number of nitrogens with zero attached hydrogens (tertiary/aromatic N) is 1. The Hall–Kier alpha value is -2.45. The molecule has 0 radical (unpaired) electrons. The van der Waals surface area contributed by atoms with E-state index < -0.39 is 27.8 Å². The van der Waals surface area contributed by atoms with Crippen LogP contribution in [0.15, 0.2) is 52.4 Å². The number of sulfonamides is 1. The lowest BCUT2D eigenvalue weighted by atomic mass is 10.2. The van der Waals surface area contributed by atoms with Gasteiger partial charge in [-0.2, -0.15) is 0 Å². The molecule has 6 nitrogen and oxygen atoms in total. The predicted octanol–water partition coefficient (Wildman–Crippen LogP) is 2.54. The number of amides is 1. The Morgan fingerprint density at radius 3 is 2.72 bits per heavy atom. The van der Waals surface area contributed by atoms with E-state index in [1.807, 2.05) is 0 Å². The Kier molecular flexibility index (Phi) is 4.49. The van der Waals surface area contributed by atoms with Crippen LogP contribution in [-0.2, 0) is 14.8 Å². The fourth-order valence-electron chi connectivity index (χ4n) is 2.31. The minimum absolute atomic E-state index is 0.0557. The van der Waals surface area contributed by atoms with Gasteiger partial charge in [0.15, 0.2) is 0 Å². The smallest absolute Gasteiger partial charge is 0.263 e. The number of rotatable bonds is 3. The van der Waals surface area contributed by atoms with Crippen molar-refractivity contribution in [2.75, 3.05) is 5.32 Å². The van der Waals surface area contributed by atoms with Crippen LogP contribution in [-0.4, -0.2) is 26.2 Å². The molecule has 2 aromatic carbocycles. The van der Waals surface area contributed by atoms with Crippen molar-refractivity contribution in [1.29, 1.82) is 0 Å². The molecule has 1 unspecified atom stereocenters. The van der Waals surface area contributed by atoms with Crippen LogP contribution in [0.3, 0.4) is 0 Å². The van der Waals surface area contributed by atoms with Crippen molar-refractivity contribution in [3.8, 4) is 0 Å². The van der Waals surface area contributed by atoms with Gasteiger partial charge in [0.2, 0.25) is 5.91 Å². The van der Waals surface area contributed by atoms with Gasteiger partial charge in [-0.25, -0.2) is 12.8 Å². The van der Waals surface area contributed by atoms with E-state index in [-0.39, 0.29) is 21.4 Å². The summed E-state index contributed by atoms with van der Waals surface area (Å²) in [4.78, 5) is 16.5. The molecule has 9 heteroatoms. The molecule has 0 fully saturated rings. The molecule has 1 aliphatic rings. The summed E-state index contributed by atoms with van der Waals surface area (Å²) in [6.45, 7) is 1.51. The molecule has 1 amide bonds. The van der Waals surface area contributed by atoms with Crippen LogP contribution in [0.2, 0.25) is 5.02 Å². The Labute approximate surface area is 148 Å². The maximum absolute atomic E-state index is 13.0. The summed E-state index contributed by atoms with van der Waals surface area (Å²) in [6, 6.07) is 9.03. The number of fused-ring (bicyclic) bond motifs is 1. The van der Waals surface area contributed by atoms with Crippen molar-refractivity contribution in [3.63, 3.8) is 0 Å². The van der Waals surface area contributed by atoms with Gasteiger partial charge in [0.1, 0.15) is 17.7 Å². The van der Waals surface area contributed by atoms with Crippen LogP contribution < -0.4 is 10.0 Å². The lowest BCUT2D eigenvalue weighted by Crippen LogP contribution is -2.29. The van der Waals surface area contributed by atoms with Gasteiger partial charge >= 0.3 is 0 Å². The quantitative estimate of drug-likeness (QED) is 0.856. The van der Waals surface area contributed by atoms with Crippen molar-refractivity contribution < 1.29 is 17.6 Å². The molecule has 25 heavy (non-hydrogen) atoms. The summed E-state index contributed by atoms with van der Waals surface area (Å²) >= 11 is 5.87. The molecule has 0 saturated carbocycles. The van der Waals surface area contributed by atoms with E-state index in [9.17, 15) is 17.6 Å². The Morgan fingerprint density at radius 1 is 1.28 bits per heavy atom. The second-order valence-corrected chi connectivity index (χ2v) is 7.43. The lowest BCUT2D eigenvalue weighted by molar-refractivity contribution is -0.117. The Morgan fingerprint density at radius 2 is 2.00 bits per heavy atom. The van der Waals surface area contributed by atoms with Crippen molar-refractivity contribution >= 4 is 39.1 Å². The summed E-state index contributed by atoms with van der Waals surface area (Å²) in [7, 11) is -3.67. The number of hydrogen-bond acceptors (Lipinski definition) is 4. The highest BCUT2D eigenvalue weighted by Gasteiger charge is 2.31. The highest BCUT2D eigenvalue weighted by atomic mass is 35.5. The maximum Gasteiger partial charge on any atom is 0.263 e. The molecule has 3 rings (SSSR count). The zero-order chi connectivity index (χ0) is 18.2. The zero-order valence-electron chi connectivity index (χ0n) is 13.0. The molecule has 2 N–H and O–H groups in total. The van der Waals surface area contributed by atoms with Gasteiger partial charge in [-0.3, -0.25) is 14.5 Å². The molecular weight excluding hydrogens is 369 g/mol. The summed E-state index contributed by atoms with van der Waals surface area (Å²) in [5.74, 6) is -0.929. The van der Waals surface area contributed by atoms with Crippen molar-refractivity contribution in [2.24, 2.45) is 4.99 Å². The normalized spacial score (nSPS) is 17.6. The average Bonchev–Trinajstić information content (AvgIpc) is 2.81. The third-order valence-electron chi connectivity index (χ3n) is 3.55. The average molecular weight is 382 g/mol. The Bertz CT molecular complexity index is 992. The number of anilines is 1. The highest BCUT2D eigenvalue weighted by Crippen LogP contribution is 2.24. The van der Waals surface area contributed by atoms with E-state index in [0.29, 0.717) is 5.56 Å².